The molecule has 0 aliphatic heterocycles. The highest BCUT2D eigenvalue weighted by Gasteiger charge is 2.20. The van der Waals surface area contributed by atoms with Gasteiger partial charge in [-0.2, -0.15) is 4.39 Å². The van der Waals surface area contributed by atoms with Crippen molar-refractivity contribution in [1.29, 1.82) is 0 Å². The zero-order chi connectivity index (χ0) is 28.3. The first-order valence-electron chi connectivity index (χ1n) is 13.1. The van der Waals surface area contributed by atoms with E-state index in [1.54, 1.807) is 12.1 Å². The van der Waals surface area contributed by atoms with Crippen LogP contribution in [0.2, 0.25) is 0 Å². The van der Waals surface area contributed by atoms with E-state index in [1.807, 2.05) is 45.0 Å². The maximum Gasteiger partial charge on any atom is 0.407 e. The highest BCUT2D eigenvalue weighted by atomic mass is 19.1. The van der Waals surface area contributed by atoms with Crippen LogP contribution in [0, 0.1) is 11.8 Å². The number of carbonyl (C=O) groups excluding carboxylic acids is 1. The number of hydrogen-bond donors (Lipinski definition) is 1. The number of nitrogens with zero attached hydrogens (tertiary/aromatic N) is 1. The standard InChI is InChI=1S/C33H30F2N2O3/c1-33(2,3)40-32(38)37-19-21-4-14-29-25(16-21)17-24(18-30(29)23-5-9-26(34)10-6-23)22-7-11-27(12-8-22)39-28-13-15-31(35)36-20-28/h5-13,15-18,20H,4,14,19H2,1-3H3,(H,37,38). The summed E-state index contributed by atoms with van der Waals surface area (Å²) in [7, 11) is 0. The summed E-state index contributed by atoms with van der Waals surface area (Å²) >= 11 is 0. The van der Waals surface area contributed by atoms with Gasteiger partial charge in [-0.05, 0) is 116 Å². The molecule has 1 aromatic heterocycles. The molecule has 1 amide bonds. The van der Waals surface area contributed by atoms with Gasteiger partial charge in [-0.25, -0.2) is 14.2 Å². The SMILES string of the molecule is CC(C)(C)OC(=O)NCC1=Cc2cc(-c3ccc(Oc4ccc(F)nc4)cc3)cc(-c3ccc(F)cc3)c2CC1. The predicted octanol–water partition coefficient (Wildman–Crippen LogP) is 8.34. The zero-order valence-corrected chi connectivity index (χ0v) is 22.6. The van der Waals surface area contributed by atoms with Crippen molar-refractivity contribution in [2.45, 2.75) is 39.2 Å². The van der Waals surface area contributed by atoms with E-state index >= 15 is 0 Å². The number of amides is 1. The molecule has 204 valence electrons. The van der Waals surface area contributed by atoms with Gasteiger partial charge in [-0.15, -0.1) is 0 Å². The second-order valence-electron chi connectivity index (χ2n) is 10.7. The summed E-state index contributed by atoms with van der Waals surface area (Å²) in [6.07, 6.45) is 4.59. The van der Waals surface area contributed by atoms with Crippen molar-refractivity contribution in [1.82, 2.24) is 10.3 Å². The Kier molecular flexibility index (Phi) is 7.65. The van der Waals surface area contributed by atoms with E-state index in [-0.39, 0.29) is 5.82 Å². The van der Waals surface area contributed by atoms with E-state index in [9.17, 15) is 13.6 Å². The van der Waals surface area contributed by atoms with Crippen LogP contribution in [0.25, 0.3) is 28.3 Å². The molecule has 5 rings (SSSR count). The topological polar surface area (TPSA) is 60.5 Å². The quantitative estimate of drug-likeness (QED) is 0.250. The van der Waals surface area contributed by atoms with Crippen molar-refractivity contribution in [3.63, 3.8) is 0 Å². The van der Waals surface area contributed by atoms with Crippen molar-refractivity contribution in [3.05, 3.63) is 107 Å². The second kappa shape index (κ2) is 11.3. The predicted molar refractivity (Wildman–Crippen MR) is 152 cm³/mol. The first kappa shape index (κ1) is 27.1. The highest BCUT2D eigenvalue weighted by molar-refractivity contribution is 5.82. The maximum absolute atomic E-state index is 13.7. The Balaban J connectivity index is 1.45. The van der Waals surface area contributed by atoms with Crippen LogP contribution in [0.5, 0.6) is 11.5 Å². The minimum absolute atomic E-state index is 0.281. The second-order valence-corrected chi connectivity index (χ2v) is 10.7. The molecule has 0 atom stereocenters. The Bertz CT molecular complexity index is 1540. The zero-order valence-electron chi connectivity index (χ0n) is 22.6. The van der Waals surface area contributed by atoms with Gasteiger partial charge in [0.25, 0.3) is 0 Å². The summed E-state index contributed by atoms with van der Waals surface area (Å²) < 4.78 is 38.0. The number of benzene rings is 3. The van der Waals surface area contributed by atoms with Gasteiger partial charge in [-0.1, -0.05) is 35.9 Å². The smallest absolute Gasteiger partial charge is 0.407 e. The molecule has 40 heavy (non-hydrogen) atoms. The Morgan fingerprint density at radius 1 is 0.875 bits per heavy atom. The number of hydrogen-bond acceptors (Lipinski definition) is 4. The molecule has 3 aromatic carbocycles. The molecule has 0 unspecified atom stereocenters. The van der Waals surface area contributed by atoms with Crippen LogP contribution in [0.1, 0.15) is 38.3 Å². The van der Waals surface area contributed by atoms with Crippen molar-refractivity contribution < 1.29 is 23.0 Å². The van der Waals surface area contributed by atoms with Crippen LogP contribution in [0.15, 0.2) is 84.6 Å². The molecule has 0 saturated carbocycles. The third-order valence-corrected chi connectivity index (χ3v) is 6.48. The van der Waals surface area contributed by atoms with Gasteiger partial charge in [0.15, 0.2) is 0 Å². The molecule has 7 heteroatoms. The fraction of sp³-hybridized carbons (Fsp3) is 0.212. The largest absolute Gasteiger partial charge is 0.456 e. The average Bonchev–Trinajstić information content (AvgIpc) is 2.92. The van der Waals surface area contributed by atoms with Gasteiger partial charge in [0.2, 0.25) is 5.95 Å². The van der Waals surface area contributed by atoms with E-state index in [1.165, 1.54) is 36.0 Å². The molecule has 1 heterocycles. The minimum Gasteiger partial charge on any atom is -0.456 e. The fourth-order valence-electron chi connectivity index (χ4n) is 4.65. The number of aromatic nitrogens is 1. The van der Waals surface area contributed by atoms with Gasteiger partial charge in [-0.3, -0.25) is 0 Å². The van der Waals surface area contributed by atoms with Gasteiger partial charge in [0.1, 0.15) is 22.9 Å². The molecule has 4 aromatic rings. The third-order valence-electron chi connectivity index (χ3n) is 6.48. The number of halogens is 2. The van der Waals surface area contributed by atoms with Crippen LogP contribution >= 0.6 is 0 Å². The molecular weight excluding hydrogens is 510 g/mol. The molecular formula is C33H30F2N2O3. The Morgan fingerprint density at radius 2 is 1.57 bits per heavy atom. The first-order chi connectivity index (χ1) is 19.1. The third kappa shape index (κ3) is 6.72. The Labute approximate surface area is 232 Å². The summed E-state index contributed by atoms with van der Waals surface area (Å²) in [4.78, 5) is 15.8. The molecule has 0 radical (unpaired) electrons. The van der Waals surface area contributed by atoms with Gasteiger partial charge in [0, 0.05) is 6.54 Å². The van der Waals surface area contributed by atoms with E-state index in [0.29, 0.717) is 18.0 Å². The molecule has 0 bridgehead atoms. The van der Waals surface area contributed by atoms with Crippen molar-refractivity contribution in [2.75, 3.05) is 6.54 Å². The van der Waals surface area contributed by atoms with E-state index in [4.69, 9.17) is 9.47 Å². The lowest BCUT2D eigenvalue weighted by atomic mass is 9.84. The highest BCUT2D eigenvalue weighted by Crippen LogP contribution is 2.37. The summed E-state index contributed by atoms with van der Waals surface area (Å²) in [6, 6.07) is 21.2. The number of nitrogens with one attached hydrogen (secondary N) is 1. The Morgan fingerprint density at radius 3 is 2.25 bits per heavy atom. The molecule has 1 N–H and O–H groups in total. The van der Waals surface area contributed by atoms with Gasteiger partial charge in [0.05, 0.1) is 6.20 Å². The van der Waals surface area contributed by atoms with Crippen molar-refractivity contribution >= 4 is 12.2 Å². The van der Waals surface area contributed by atoms with Gasteiger partial charge < -0.3 is 14.8 Å². The summed E-state index contributed by atoms with van der Waals surface area (Å²) in [5.74, 6) is 0.199. The lowest BCUT2D eigenvalue weighted by Crippen LogP contribution is -2.33. The first-order valence-corrected chi connectivity index (χ1v) is 13.1. The normalized spacial score (nSPS) is 12.8. The lowest BCUT2D eigenvalue weighted by molar-refractivity contribution is 0.0532. The number of fused-ring (bicyclic) bond motifs is 1. The lowest BCUT2D eigenvalue weighted by Gasteiger charge is -2.23. The van der Waals surface area contributed by atoms with E-state index in [0.717, 1.165) is 46.2 Å². The number of alkyl carbamates (subject to hydrolysis) is 1. The monoisotopic (exact) mass is 540 g/mol. The maximum atomic E-state index is 13.7. The number of carbonyl (C=O) groups is 1. The van der Waals surface area contributed by atoms with Crippen LogP contribution in [-0.4, -0.2) is 23.2 Å². The summed E-state index contributed by atoms with van der Waals surface area (Å²) in [5.41, 5.74) is 6.72. The molecule has 0 saturated heterocycles. The average molecular weight is 541 g/mol. The Hall–Kier alpha value is -4.52. The van der Waals surface area contributed by atoms with Crippen LogP contribution in [0.3, 0.4) is 0 Å². The number of pyridine rings is 1. The minimum atomic E-state index is -0.565. The molecule has 0 spiro atoms. The van der Waals surface area contributed by atoms with E-state index < -0.39 is 17.6 Å². The number of ether oxygens (including phenoxy) is 2. The molecule has 0 fully saturated rings. The van der Waals surface area contributed by atoms with Crippen LogP contribution in [0.4, 0.5) is 13.6 Å². The van der Waals surface area contributed by atoms with Gasteiger partial charge >= 0.3 is 6.09 Å². The summed E-state index contributed by atoms with van der Waals surface area (Å²) in [5, 5.41) is 2.86. The van der Waals surface area contributed by atoms with Crippen molar-refractivity contribution in [2.24, 2.45) is 0 Å². The summed E-state index contributed by atoms with van der Waals surface area (Å²) in [6.45, 7) is 5.90. The molecule has 1 aliphatic rings. The number of rotatable bonds is 6. The van der Waals surface area contributed by atoms with Crippen molar-refractivity contribution in [3.8, 4) is 33.8 Å². The fourth-order valence-corrected chi connectivity index (χ4v) is 4.65. The van der Waals surface area contributed by atoms with Crippen LogP contribution < -0.4 is 10.1 Å². The van der Waals surface area contributed by atoms with E-state index in [2.05, 4.69) is 28.5 Å². The van der Waals surface area contributed by atoms with Crippen LogP contribution in [-0.2, 0) is 11.2 Å². The molecule has 5 nitrogen and oxygen atoms in total. The molecule has 1 aliphatic carbocycles.